The highest BCUT2D eigenvalue weighted by Crippen LogP contribution is 2.13. The van der Waals surface area contributed by atoms with E-state index in [-0.39, 0.29) is 30.0 Å². The number of nitrogens with two attached hydrogens (primary N) is 1. The topological polar surface area (TPSA) is 104 Å². The van der Waals surface area contributed by atoms with Gasteiger partial charge in [0.05, 0.1) is 18.4 Å². The van der Waals surface area contributed by atoms with E-state index in [4.69, 9.17) is 15.2 Å². The number of pyridine rings is 1. The highest BCUT2D eigenvalue weighted by molar-refractivity contribution is 7.89. The maximum Gasteiger partial charge on any atom is 0.260 e. The molecule has 0 spiro atoms. The SMILES string of the molecule is COCC(CNS(=O)(=O)c1ncccc1N)OC. The van der Waals surface area contributed by atoms with Crippen LogP contribution in [0.4, 0.5) is 5.69 Å². The molecule has 1 heterocycles. The molecule has 0 aliphatic rings. The fourth-order valence-electron chi connectivity index (χ4n) is 1.29. The molecule has 0 saturated heterocycles. The molecule has 1 unspecified atom stereocenters. The number of sulfonamides is 1. The van der Waals surface area contributed by atoms with Crippen LogP contribution in [0.1, 0.15) is 0 Å². The Bertz CT molecular complexity index is 478. The van der Waals surface area contributed by atoms with Gasteiger partial charge in [-0.15, -0.1) is 0 Å². The monoisotopic (exact) mass is 275 g/mol. The Morgan fingerprint density at radius 2 is 2.22 bits per heavy atom. The Morgan fingerprint density at radius 3 is 2.78 bits per heavy atom. The van der Waals surface area contributed by atoms with Crippen molar-refractivity contribution in [1.29, 1.82) is 0 Å². The molecule has 0 radical (unpaired) electrons. The molecule has 1 rings (SSSR count). The van der Waals surface area contributed by atoms with Gasteiger partial charge in [0.1, 0.15) is 0 Å². The second-order valence-electron chi connectivity index (χ2n) is 3.56. The first-order valence-electron chi connectivity index (χ1n) is 5.23. The molecule has 1 atom stereocenters. The van der Waals surface area contributed by atoms with Crippen molar-refractivity contribution in [2.75, 3.05) is 33.1 Å². The second kappa shape index (κ2) is 6.64. The maximum atomic E-state index is 11.9. The minimum atomic E-state index is -3.74. The minimum Gasteiger partial charge on any atom is -0.396 e. The van der Waals surface area contributed by atoms with Crippen LogP contribution in [0.15, 0.2) is 23.4 Å². The number of aromatic nitrogens is 1. The number of hydrogen-bond acceptors (Lipinski definition) is 6. The molecular weight excluding hydrogens is 258 g/mol. The third kappa shape index (κ3) is 3.91. The van der Waals surface area contributed by atoms with Crippen LogP contribution >= 0.6 is 0 Å². The number of methoxy groups -OCH3 is 2. The van der Waals surface area contributed by atoms with Crippen molar-refractivity contribution in [3.63, 3.8) is 0 Å². The molecule has 3 N–H and O–H groups in total. The third-order valence-electron chi connectivity index (χ3n) is 2.24. The summed E-state index contributed by atoms with van der Waals surface area (Å²) in [5.41, 5.74) is 5.67. The Labute approximate surface area is 106 Å². The molecule has 8 heteroatoms. The number of nitrogens with zero attached hydrogens (tertiary/aromatic N) is 1. The Balaban J connectivity index is 2.74. The van der Waals surface area contributed by atoms with E-state index >= 15 is 0 Å². The fraction of sp³-hybridized carbons (Fsp3) is 0.500. The Hall–Kier alpha value is -1.22. The van der Waals surface area contributed by atoms with E-state index in [2.05, 4.69) is 9.71 Å². The van der Waals surface area contributed by atoms with Crippen molar-refractivity contribution in [3.05, 3.63) is 18.3 Å². The van der Waals surface area contributed by atoms with E-state index in [1.165, 1.54) is 26.5 Å². The van der Waals surface area contributed by atoms with Crippen molar-refractivity contribution in [1.82, 2.24) is 9.71 Å². The van der Waals surface area contributed by atoms with E-state index in [0.29, 0.717) is 0 Å². The molecule has 18 heavy (non-hydrogen) atoms. The van der Waals surface area contributed by atoms with Crippen LogP contribution < -0.4 is 10.5 Å². The normalized spacial score (nSPS) is 13.4. The Kier molecular flexibility index (Phi) is 5.48. The van der Waals surface area contributed by atoms with Crippen LogP contribution in [0.25, 0.3) is 0 Å². The molecule has 1 aromatic rings. The number of nitrogen functional groups attached to an aromatic ring is 1. The van der Waals surface area contributed by atoms with Crippen LogP contribution in [-0.2, 0) is 19.5 Å². The summed E-state index contributed by atoms with van der Waals surface area (Å²) in [6.45, 7) is 0.374. The van der Waals surface area contributed by atoms with Crippen LogP contribution in [0.2, 0.25) is 0 Å². The van der Waals surface area contributed by atoms with Gasteiger partial charge in [-0.2, -0.15) is 0 Å². The quantitative estimate of drug-likeness (QED) is 0.702. The third-order valence-corrected chi connectivity index (χ3v) is 3.64. The van der Waals surface area contributed by atoms with Gasteiger partial charge in [0.2, 0.25) is 0 Å². The zero-order valence-corrected chi connectivity index (χ0v) is 11.1. The van der Waals surface area contributed by atoms with Gasteiger partial charge < -0.3 is 15.2 Å². The average Bonchev–Trinajstić information content (AvgIpc) is 2.34. The molecule has 1 aromatic heterocycles. The first-order valence-corrected chi connectivity index (χ1v) is 6.71. The number of nitrogens with one attached hydrogen (secondary N) is 1. The Morgan fingerprint density at radius 1 is 1.50 bits per heavy atom. The lowest BCUT2D eigenvalue weighted by Gasteiger charge is -2.15. The van der Waals surface area contributed by atoms with Crippen molar-refractivity contribution in [2.24, 2.45) is 0 Å². The summed E-state index contributed by atoms with van der Waals surface area (Å²) in [4.78, 5) is 3.75. The summed E-state index contributed by atoms with van der Waals surface area (Å²) in [5.74, 6) is 0. The van der Waals surface area contributed by atoms with Gasteiger partial charge in [-0.1, -0.05) is 0 Å². The van der Waals surface area contributed by atoms with E-state index in [0.717, 1.165) is 0 Å². The van der Waals surface area contributed by atoms with Crippen molar-refractivity contribution >= 4 is 15.7 Å². The highest BCUT2D eigenvalue weighted by atomic mass is 32.2. The van der Waals surface area contributed by atoms with Crippen molar-refractivity contribution in [3.8, 4) is 0 Å². The number of ether oxygens (including phenoxy) is 2. The zero-order valence-electron chi connectivity index (χ0n) is 10.3. The van der Waals surface area contributed by atoms with Crippen LogP contribution in [0.5, 0.6) is 0 Å². The van der Waals surface area contributed by atoms with E-state index in [9.17, 15) is 8.42 Å². The largest absolute Gasteiger partial charge is 0.396 e. The van der Waals surface area contributed by atoms with E-state index in [1.807, 2.05) is 0 Å². The fourth-order valence-corrected chi connectivity index (χ4v) is 2.41. The number of anilines is 1. The summed E-state index contributed by atoms with van der Waals surface area (Å²) in [6, 6.07) is 3.04. The van der Waals surface area contributed by atoms with Crippen molar-refractivity contribution < 1.29 is 17.9 Å². The summed E-state index contributed by atoms with van der Waals surface area (Å²) in [5, 5.41) is -0.183. The summed E-state index contributed by atoms with van der Waals surface area (Å²) in [6.07, 6.45) is 1.00. The summed E-state index contributed by atoms with van der Waals surface area (Å²) < 4.78 is 36.2. The number of rotatable bonds is 7. The van der Waals surface area contributed by atoms with E-state index < -0.39 is 10.0 Å². The van der Waals surface area contributed by atoms with Gasteiger partial charge in [-0.25, -0.2) is 18.1 Å². The molecule has 0 aliphatic heterocycles. The molecule has 0 bridgehead atoms. The molecule has 0 aromatic carbocycles. The molecule has 7 nitrogen and oxygen atoms in total. The van der Waals surface area contributed by atoms with Gasteiger partial charge >= 0.3 is 0 Å². The van der Waals surface area contributed by atoms with Gasteiger partial charge in [0.15, 0.2) is 5.03 Å². The first-order chi connectivity index (χ1) is 8.51. The van der Waals surface area contributed by atoms with Gasteiger partial charge in [0, 0.05) is 27.0 Å². The standard InChI is InChI=1S/C10H17N3O4S/c1-16-7-8(17-2)6-13-18(14,15)10-9(11)4-3-5-12-10/h3-5,8,13H,6-7,11H2,1-2H3. The summed E-state index contributed by atoms with van der Waals surface area (Å²) >= 11 is 0. The molecular formula is C10H17N3O4S. The van der Waals surface area contributed by atoms with Crippen LogP contribution in [0, 0.1) is 0 Å². The second-order valence-corrected chi connectivity index (χ2v) is 5.24. The lowest BCUT2D eigenvalue weighted by atomic mass is 10.4. The maximum absolute atomic E-state index is 11.9. The van der Waals surface area contributed by atoms with Gasteiger partial charge in [-0.05, 0) is 12.1 Å². The molecule has 0 saturated carbocycles. The van der Waals surface area contributed by atoms with Gasteiger partial charge in [0.25, 0.3) is 10.0 Å². The van der Waals surface area contributed by atoms with E-state index in [1.54, 1.807) is 6.07 Å². The van der Waals surface area contributed by atoms with Gasteiger partial charge in [-0.3, -0.25) is 0 Å². The lowest BCUT2D eigenvalue weighted by Crippen LogP contribution is -2.36. The number of hydrogen-bond donors (Lipinski definition) is 2. The predicted octanol–water partition coefficient (Wildman–Crippen LogP) is -0.396. The van der Waals surface area contributed by atoms with Crippen LogP contribution in [0.3, 0.4) is 0 Å². The predicted molar refractivity (Wildman–Crippen MR) is 66.5 cm³/mol. The highest BCUT2D eigenvalue weighted by Gasteiger charge is 2.20. The zero-order chi connectivity index (χ0) is 13.6. The molecule has 0 amide bonds. The van der Waals surface area contributed by atoms with Crippen LogP contribution in [-0.4, -0.2) is 46.9 Å². The van der Waals surface area contributed by atoms with Crippen molar-refractivity contribution in [2.45, 2.75) is 11.1 Å². The minimum absolute atomic E-state index is 0.0860. The first kappa shape index (κ1) is 14.8. The smallest absolute Gasteiger partial charge is 0.260 e. The molecule has 102 valence electrons. The molecule has 0 aliphatic carbocycles. The lowest BCUT2D eigenvalue weighted by molar-refractivity contribution is 0.0320. The molecule has 0 fully saturated rings. The average molecular weight is 275 g/mol. The summed E-state index contributed by atoms with van der Waals surface area (Å²) in [7, 11) is -0.746.